The molecule has 4 rings (SSSR count). The van der Waals surface area contributed by atoms with Gasteiger partial charge < -0.3 is 14.6 Å². The highest BCUT2D eigenvalue weighted by Gasteiger charge is 2.36. The number of likely N-dealkylation sites (tertiary alicyclic amines) is 1. The predicted molar refractivity (Wildman–Crippen MR) is 126 cm³/mol. The third kappa shape index (κ3) is 5.30. The van der Waals surface area contributed by atoms with Gasteiger partial charge in [-0.3, -0.25) is 9.69 Å². The number of amides is 2. The van der Waals surface area contributed by atoms with Gasteiger partial charge in [0.1, 0.15) is 28.8 Å². The number of benzene rings is 1. The lowest BCUT2D eigenvalue weighted by Gasteiger charge is -2.28. The van der Waals surface area contributed by atoms with Crippen molar-refractivity contribution in [2.24, 2.45) is 0 Å². The van der Waals surface area contributed by atoms with Gasteiger partial charge in [-0.05, 0) is 63.4 Å². The van der Waals surface area contributed by atoms with Gasteiger partial charge in [-0.25, -0.2) is 19.2 Å². The summed E-state index contributed by atoms with van der Waals surface area (Å²) in [6.07, 6.45) is 2.47. The molecule has 180 valence electrons. The van der Waals surface area contributed by atoms with Gasteiger partial charge in [0.25, 0.3) is 0 Å². The molecule has 0 saturated carbocycles. The Morgan fingerprint density at radius 2 is 2.09 bits per heavy atom. The van der Waals surface area contributed by atoms with Gasteiger partial charge in [0, 0.05) is 12.7 Å². The van der Waals surface area contributed by atoms with Gasteiger partial charge in [0.05, 0.1) is 18.1 Å². The second-order valence-corrected chi connectivity index (χ2v) is 9.67. The molecule has 0 radical (unpaired) electrons. The number of carbonyl (C=O) groups excluding carboxylic acids is 2. The maximum Gasteiger partial charge on any atom is 0.410 e. The van der Waals surface area contributed by atoms with Crippen molar-refractivity contribution in [3.05, 3.63) is 58.8 Å². The topological polar surface area (TPSA) is 89.3 Å². The molecule has 1 aromatic carbocycles. The lowest BCUT2D eigenvalue weighted by Crippen LogP contribution is -2.47. The minimum absolute atomic E-state index is 0.0354. The average Bonchev–Trinajstić information content (AvgIpc) is 3.39. The van der Waals surface area contributed by atoms with E-state index in [9.17, 15) is 14.0 Å². The molecular weight excluding hydrogens is 461 g/mol. The predicted octanol–water partition coefficient (Wildman–Crippen LogP) is 4.29. The van der Waals surface area contributed by atoms with Crippen molar-refractivity contribution < 1.29 is 18.7 Å². The number of hydrogen-bond acceptors (Lipinski definition) is 5. The highest BCUT2D eigenvalue weighted by Crippen LogP contribution is 2.22. The monoisotopic (exact) mass is 487 g/mol. The Hall–Kier alpha value is -3.20. The van der Waals surface area contributed by atoms with Gasteiger partial charge >= 0.3 is 6.09 Å². The van der Waals surface area contributed by atoms with Crippen molar-refractivity contribution in [1.29, 1.82) is 0 Å². The van der Waals surface area contributed by atoms with Crippen LogP contribution in [-0.4, -0.2) is 49.6 Å². The zero-order valence-electron chi connectivity index (χ0n) is 19.3. The lowest BCUT2D eigenvalue weighted by atomic mass is 10.2. The van der Waals surface area contributed by atoms with Crippen molar-refractivity contribution in [3.8, 4) is 0 Å². The summed E-state index contributed by atoms with van der Waals surface area (Å²) in [5.41, 5.74) is 1.46. The molecule has 0 spiro atoms. The number of aromatic nitrogens is 3. The molecule has 3 aromatic rings. The van der Waals surface area contributed by atoms with Crippen LogP contribution in [0.1, 0.15) is 45.0 Å². The Balaban J connectivity index is 1.52. The first kappa shape index (κ1) is 23.9. The first-order valence-electron chi connectivity index (χ1n) is 11.1. The standard InChI is InChI=1S/C24H27ClFN5O3/c1-24(2,3)34-23(33)30-11-5-7-19(30)22(32)28-13-20-29-18-6-4-10-27-21(18)31(20)14-15-8-9-17(26)16(25)12-15/h4,6,8-10,12,19H,5,7,11,13-14H2,1-3H3,(H,28,32). The number of pyridine rings is 1. The lowest BCUT2D eigenvalue weighted by molar-refractivity contribution is -0.125. The summed E-state index contributed by atoms with van der Waals surface area (Å²) in [4.78, 5) is 36.1. The molecule has 2 aromatic heterocycles. The summed E-state index contributed by atoms with van der Waals surface area (Å²) in [6.45, 7) is 6.35. The third-order valence-electron chi connectivity index (χ3n) is 5.51. The van der Waals surface area contributed by atoms with E-state index in [1.807, 2.05) is 10.6 Å². The third-order valence-corrected chi connectivity index (χ3v) is 5.80. The second kappa shape index (κ2) is 9.58. The number of fused-ring (bicyclic) bond motifs is 1. The fraction of sp³-hybridized carbons (Fsp3) is 0.417. The molecule has 1 atom stereocenters. The molecule has 1 aliphatic heterocycles. The van der Waals surface area contributed by atoms with Crippen LogP contribution >= 0.6 is 11.6 Å². The molecule has 1 saturated heterocycles. The quantitative estimate of drug-likeness (QED) is 0.580. The number of imidazole rings is 1. The molecule has 34 heavy (non-hydrogen) atoms. The van der Waals surface area contributed by atoms with E-state index in [0.29, 0.717) is 36.5 Å². The smallest absolute Gasteiger partial charge is 0.410 e. The molecule has 3 heterocycles. The Morgan fingerprint density at radius 3 is 2.82 bits per heavy atom. The first-order chi connectivity index (χ1) is 16.1. The van der Waals surface area contributed by atoms with Crippen LogP contribution in [0.4, 0.5) is 9.18 Å². The van der Waals surface area contributed by atoms with Crippen LogP contribution in [0.2, 0.25) is 5.02 Å². The van der Waals surface area contributed by atoms with Crippen molar-refractivity contribution in [2.75, 3.05) is 6.54 Å². The number of hydrogen-bond donors (Lipinski definition) is 1. The van der Waals surface area contributed by atoms with Gasteiger partial charge in [0.15, 0.2) is 5.65 Å². The summed E-state index contributed by atoms with van der Waals surface area (Å²) in [6, 6.07) is 7.55. The number of halogens is 2. The Bertz CT molecular complexity index is 1220. The molecule has 1 aliphatic rings. The number of carbonyl (C=O) groups is 2. The Morgan fingerprint density at radius 1 is 1.29 bits per heavy atom. The fourth-order valence-corrected chi connectivity index (χ4v) is 4.19. The molecule has 1 N–H and O–H groups in total. The summed E-state index contributed by atoms with van der Waals surface area (Å²) in [7, 11) is 0. The van der Waals surface area contributed by atoms with E-state index < -0.39 is 23.6 Å². The van der Waals surface area contributed by atoms with Crippen molar-refractivity contribution in [3.63, 3.8) is 0 Å². The molecule has 10 heteroatoms. The summed E-state index contributed by atoms with van der Waals surface area (Å²) in [5.74, 6) is -0.165. The maximum absolute atomic E-state index is 13.6. The van der Waals surface area contributed by atoms with Crippen LogP contribution < -0.4 is 5.32 Å². The zero-order valence-corrected chi connectivity index (χ0v) is 20.1. The van der Waals surface area contributed by atoms with E-state index in [4.69, 9.17) is 16.3 Å². The van der Waals surface area contributed by atoms with Crippen LogP contribution in [0.15, 0.2) is 36.5 Å². The van der Waals surface area contributed by atoms with E-state index >= 15 is 0 Å². The van der Waals surface area contributed by atoms with Crippen LogP contribution in [0, 0.1) is 5.82 Å². The Labute approximate surface area is 202 Å². The fourth-order valence-electron chi connectivity index (χ4n) is 3.99. The van der Waals surface area contributed by atoms with Crippen LogP contribution in [0.3, 0.4) is 0 Å². The van der Waals surface area contributed by atoms with Gasteiger partial charge in [-0.1, -0.05) is 17.7 Å². The Kier molecular flexibility index (Phi) is 6.74. The van der Waals surface area contributed by atoms with E-state index in [-0.39, 0.29) is 17.5 Å². The minimum Gasteiger partial charge on any atom is -0.444 e. The van der Waals surface area contributed by atoms with Crippen LogP contribution in [-0.2, 0) is 22.6 Å². The van der Waals surface area contributed by atoms with Gasteiger partial charge in [0.2, 0.25) is 5.91 Å². The van der Waals surface area contributed by atoms with E-state index in [0.717, 1.165) is 12.0 Å². The van der Waals surface area contributed by atoms with E-state index in [1.54, 1.807) is 45.2 Å². The minimum atomic E-state index is -0.637. The first-order valence-corrected chi connectivity index (χ1v) is 11.5. The molecule has 8 nitrogen and oxygen atoms in total. The zero-order chi connectivity index (χ0) is 24.5. The van der Waals surface area contributed by atoms with Crippen molar-refractivity contribution in [2.45, 2.75) is 58.3 Å². The SMILES string of the molecule is CC(C)(C)OC(=O)N1CCCC1C(=O)NCc1nc2cccnc2n1Cc1ccc(F)c(Cl)c1. The number of ether oxygens (including phenoxy) is 1. The van der Waals surface area contributed by atoms with Gasteiger partial charge in [-0.2, -0.15) is 0 Å². The molecule has 0 bridgehead atoms. The van der Waals surface area contributed by atoms with Crippen LogP contribution in [0.25, 0.3) is 11.2 Å². The largest absolute Gasteiger partial charge is 0.444 e. The van der Waals surface area contributed by atoms with Crippen molar-refractivity contribution in [1.82, 2.24) is 24.8 Å². The number of nitrogens with zero attached hydrogens (tertiary/aromatic N) is 4. The molecule has 1 unspecified atom stereocenters. The number of rotatable bonds is 5. The highest BCUT2D eigenvalue weighted by molar-refractivity contribution is 6.30. The average molecular weight is 488 g/mol. The second-order valence-electron chi connectivity index (χ2n) is 9.26. The summed E-state index contributed by atoms with van der Waals surface area (Å²) < 4.78 is 20.9. The van der Waals surface area contributed by atoms with Crippen molar-refractivity contribution >= 4 is 34.8 Å². The summed E-state index contributed by atoms with van der Waals surface area (Å²) in [5, 5.41) is 2.95. The van der Waals surface area contributed by atoms with Gasteiger partial charge in [-0.15, -0.1) is 0 Å². The summed E-state index contributed by atoms with van der Waals surface area (Å²) >= 11 is 5.95. The molecule has 0 aliphatic carbocycles. The van der Waals surface area contributed by atoms with E-state index in [1.165, 1.54) is 11.0 Å². The van der Waals surface area contributed by atoms with Crippen LogP contribution in [0.5, 0.6) is 0 Å². The molecular formula is C24H27ClFN5O3. The molecule has 2 amide bonds. The normalized spacial score (nSPS) is 16.1. The number of nitrogens with one attached hydrogen (secondary N) is 1. The highest BCUT2D eigenvalue weighted by atomic mass is 35.5. The maximum atomic E-state index is 13.6. The molecule has 1 fully saturated rings. The van der Waals surface area contributed by atoms with E-state index in [2.05, 4.69) is 15.3 Å².